The summed E-state index contributed by atoms with van der Waals surface area (Å²) >= 11 is 0. The fraction of sp³-hybridized carbons (Fsp3) is 0.562. The molecule has 2 rings (SSSR count). The van der Waals surface area contributed by atoms with Gasteiger partial charge in [0.05, 0.1) is 25.3 Å². The van der Waals surface area contributed by atoms with Gasteiger partial charge in [-0.15, -0.1) is 0 Å². The number of hydrogen-bond acceptors (Lipinski definition) is 6. The fourth-order valence-corrected chi connectivity index (χ4v) is 2.23. The van der Waals surface area contributed by atoms with E-state index in [-0.39, 0.29) is 18.4 Å². The van der Waals surface area contributed by atoms with Crippen LogP contribution in [0.3, 0.4) is 0 Å². The predicted octanol–water partition coefficient (Wildman–Crippen LogP) is 1.51. The molecule has 1 saturated heterocycles. The molecule has 7 heteroatoms. The molecule has 1 aromatic rings. The highest BCUT2D eigenvalue weighted by Crippen LogP contribution is 2.21. The third kappa shape index (κ3) is 5.12. The Morgan fingerprint density at radius 2 is 2.09 bits per heavy atom. The van der Waals surface area contributed by atoms with E-state index in [0.29, 0.717) is 18.8 Å². The number of carbonyl (C=O) groups is 2. The first-order valence-corrected chi connectivity index (χ1v) is 7.53. The summed E-state index contributed by atoms with van der Waals surface area (Å²) in [6.07, 6.45) is 1.42. The number of amides is 1. The number of pyridine rings is 1. The third-order valence-electron chi connectivity index (χ3n) is 3.32. The van der Waals surface area contributed by atoms with Crippen LogP contribution >= 0.6 is 0 Å². The summed E-state index contributed by atoms with van der Waals surface area (Å²) in [4.78, 5) is 29.3. The smallest absolute Gasteiger partial charge is 0.407 e. The second-order valence-corrected chi connectivity index (χ2v) is 6.51. The fourth-order valence-electron chi connectivity index (χ4n) is 2.23. The van der Waals surface area contributed by atoms with Gasteiger partial charge < -0.3 is 19.7 Å². The zero-order valence-corrected chi connectivity index (χ0v) is 14.0. The van der Waals surface area contributed by atoms with E-state index in [0.717, 1.165) is 5.69 Å². The minimum atomic E-state index is -0.499. The number of ether oxygens (including phenoxy) is 2. The van der Waals surface area contributed by atoms with Crippen molar-refractivity contribution < 1.29 is 19.1 Å². The SMILES string of the molecule is COC(=O)Cc1cc(N2CC(NC(=O)OC(C)(C)C)C2)ccn1. The number of anilines is 1. The van der Waals surface area contributed by atoms with Crippen LogP contribution in [-0.2, 0) is 20.7 Å². The normalized spacial score (nSPS) is 14.9. The molecule has 1 fully saturated rings. The Kier molecular flexibility index (Phi) is 5.08. The van der Waals surface area contributed by atoms with Gasteiger partial charge in [0.25, 0.3) is 0 Å². The molecule has 0 aromatic carbocycles. The van der Waals surface area contributed by atoms with Crippen molar-refractivity contribution in [3.63, 3.8) is 0 Å². The molecule has 1 aromatic heterocycles. The van der Waals surface area contributed by atoms with Gasteiger partial charge in [-0.1, -0.05) is 0 Å². The van der Waals surface area contributed by atoms with Crippen LogP contribution in [0.5, 0.6) is 0 Å². The molecule has 2 heterocycles. The molecule has 126 valence electrons. The number of methoxy groups -OCH3 is 1. The Balaban J connectivity index is 1.84. The van der Waals surface area contributed by atoms with Gasteiger partial charge in [0, 0.05) is 25.0 Å². The second kappa shape index (κ2) is 6.85. The first kappa shape index (κ1) is 17.1. The highest BCUT2D eigenvalue weighted by molar-refractivity contribution is 5.72. The highest BCUT2D eigenvalue weighted by Gasteiger charge is 2.30. The van der Waals surface area contributed by atoms with Gasteiger partial charge >= 0.3 is 12.1 Å². The van der Waals surface area contributed by atoms with Gasteiger partial charge in [-0.25, -0.2) is 4.79 Å². The Labute approximate surface area is 136 Å². The van der Waals surface area contributed by atoms with E-state index in [4.69, 9.17) is 4.74 Å². The van der Waals surface area contributed by atoms with E-state index >= 15 is 0 Å². The van der Waals surface area contributed by atoms with Gasteiger partial charge in [0.2, 0.25) is 0 Å². The Hall–Kier alpha value is -2.31. The summed E-state index contributed by atoms with van der Waals surface area (Å²) in [5, 5.41) is 2.84. The van der Waals surface area contributed by atoms with Crippen molar-refractivity contribution in [3.05, 3.63) is 24.0 Å². The van der Waals surface area contributed by atoms with Gasteiger partial charge in [-0.2, -0.15) is 0 Å². The molecular weight excluding hydrogens is 298 g/mol. The van der Waals surface area contributed by atoms with Crippen molar-refractivity contribution in [2.75, 3.05) is 25.1 Å². The summed E-state index contributed by atoms with van der Waals surface area (Å²) in [6.45, 7) is 6.89. The molecule has 0 spiro atoms. The van der Waals surface area contributed by atoms with Crippen LogP contribution in [0.1, 0.15) is 26.5 Å². The standard InChI is InChI=1S/C16H23N3O4/c1-16(2,3)23-15(21)18-12-9-19(10-12)13-5-6-17-11(7-13)8-14(20)22-4/h5-7,12H,8-10H2,1-4H3,(H,18,21). The molecule has 1 amide bonds. The number of carbonyl (C=O) groups excluding carboxylic acids is 2. The lowest BCUT2D eigenvalue weighted by Gasteiger charge is -2.41. The van der Waals surface area contributed by atoms with E-state index < -0.39 is 11.7 Å². The number of rotatable bonds is 4. The maximum atomic E-state index is 11.7. The van der Waals surface area contributed by atoms with Crippen molar-refractivity contribution in [3.8, 4) is 0 Å². The average molecular weight is 321 g/mol. The number of aromatic nitrogens is 1. The second-order valence-electron chi connectivity index (χ2n) is 6.51. The Morgan fingerprint density at radius 1 is 1.39 bits per heavy atom. The molecule has 0 radical (unpaired) electrons. The largest absolute Gasteiger partial charge is 0.469 e. The summed E-state index contributed by atoms with van der Waals surface area (Å²) in [5.41, 5.74) is 1.14. The van der Waals surface area contributed by atoms with Crippen LogP contribution in [-0.4, -0.2) is 48.9 Å². The van der Waals surface area contributed by atoms with E-state index in [1.165, 1.54) is 7.11 Å². The van der Waals surface area contributed by atoms with Crippen LogP contribution in [0.4, 0.5) is 10.5 Å². The first-order chi connectivity index (χ1) is 10.8. The number of nitrogens with one attached hydrogen (secondary N) is 1. The molecule has 1 aliphatic rings. The van der Waals surface area contributed by atoms with Crippen LogP contribution in [0, 0.1) is 0 Å². The van der Waals surface area contributed by atoms with Crippen molar-refractivity contribution in [2.45, 2.75) is 38.8 Å². The Morgan fingerprint density at radius 3 is 2.70 bits per heavy atom. The lowest BCUT2D eigenvalue weighted by atomic mass is 10.1. The molecule has 7 nitrogen and oxygen atoms in total. The molecule has 0 aliphatic carbocycles. The van der Waals surface area contributed by atoms with Gasteiger partial charge in [0.1, 0.15) is 5.60 Å². The van der Waals surface area contributed by atoms with Crippen LogP contribution in [0.15, 0.2) is 18.3 Å². The average Bonchev–Trinajstić information content (AvgIpc) is 2.40. The van der Waals surface area contributed by atoms with Crippen LogP contribution < -0.4 is 10.2 Å². The van der Waals surface area contributed by atoms with Crippen molar-refractivity contribution in [1.29, 1.82) is 0 Å². The topological polar surface area (TPSA) is 80.8 Å². The molecule has 0 atom stereocenters. The van der Waals surface area contributed by atoms with E-state index in [1.54, 1.807) is 6.20 Å². The van der Waals surface area contributed by atoms with E-state index in [1.807, 2.05) is 32.9 Å². The number of nitrogens with zero attached hydrogens (tertiary/aromatic N) is 2. The number of hydrogen-bond donors (Lipinski definition) is 1. The third-order valence-corrected chi connectivity index (χ3v) is 3.32. The first-order valence-electron chi connectivity index (χ1n) is 7.53. The summed E-state index contributed by atoms with van der Waals surface area (Å²) < 4.78 is 9.87. The minimum absolute atomic E-state index is 0.0575. The summed E-state index contributed by atoms with van der Waals surface area (Å²) in [5.74, 6) is -0.317. The van der Waals surface area contributed by atoms with Gasteiger partial charge in [-0.05, 0) is 32.9 Å². The number of alkyl carbamates (subject to hydrolysis) is 1. The molecule has 0 unspecified atom stereocenters. The van der Waals surface area contributed by atoms with Crippen molar-refractivity contribution in [2.24, 2.45) is 0 Å². The number of esters is 1. The molecule has 1 aliphatic heterocycles. The highest BCUT2D eigenvalue weighted by atomic mass is 16.6. The van der Waals surface area contributed by atoms with Gasteiger partial charge in [-0.3, -0.25) is 9.78 Å². The minimum Gasteiger partial charge on any atom is -0.469 e. The molecular formula is C16H23N3O4. The monoisotopic (exact) mass is 321 g/mol. The summed E-state index contributed by atoms with van der Waals surface area (Å²) in [6, 6.07) is 3.80. The lowest BCUT2D eigenvalue weighted by Crippen LogP contribution is -2.60. The van der Waals surface area contributed by atoms with Crippen LogP contribution in [0.2, 0.25) is 0 Å². The Bertz CT molecular complexity index is 577. The summed E-state index contributed by atoms with van der Waals surface area (Å²) in [7, 11) is 1.36. The molecule has 0 bridgehead atoms. The quantitative estimate of drug-likeness (QED) is 0.847. The maximum Gasteiger partial charge on any atom is 0.407 e. The van der Waals surface area contributed by atoms with Crippen molar-refractivity contribution >= 4 is 17.7 Å². The molecule has 1 N–H and O–H groups in total. The lowest BCUT2D eigenvalue weighted by molar-refractivity contribution is -0.139. The zero-order chi connectivity index (χ0) is 17.0. The van der Waals surface area contributed by atoms with Gasteiger partial charge in [0.15, 0.2) is 0 Å². The van der Waals surface area contributed by atoms with E-state index in [9.17, 15) is 9.59 Å². The predicted molar refractivity (Wildman–Crippen MR) is 85.3 cm³/mol. The maximum absolute atomic E-state index is 11.7. The van der Waals surface area contributed by atoms with E-state index in [2.05, 4.69) is 19.9 Å². The van der Waals surface area contributed by atoms with Crippen molar-refractivity contribution in [1.82, 2.24) is 10.3 Å². The zero-order valence-electron chi connectivity index (χ0n) is 14.0. The molecule has 23 heavy (non-hydrogen) atoms. The van der Waals surface area contributed by atoms with Crippen LogP contribution in [0.25, 0.3) is 0 Å². The molecule has 0 saturated carbocycles.